The number of hydrogen-bond donors (Lipinski definition) is 2. The fourth-order valence-corrected chi connectivity index (χ4v) is 3.49. The molecule has 0 aromatic carbocycles. The molecule has 0 spiro atoms. The molecule has 2 fully saturated rings. The molecule has 1 atom stereocenters. The SMILES string of the molecule is CCNC(=NCC(=O)N(C)CC(F)(F)F)NC1CCN(CC2CCOC2)CC1. The largest absolute Gasteiger partial charge is 0.406 e. The summed E-state index contributed by atoms with van der Waals surface area (Å²) < 4.78 is 42.6. The van der Waals surface area contributed by atoms with Gasteiger partial charge in [0.2, 0.25) is 5.91 Å². The molecule has 0 aromatic heterocycles. The van der Waals surface area contributed by atoms with Crippen molar-refractivity contribution in [2.45, 2.75) is 38.4 Å². The molecule has 2 heterocycles. The molecule has 1 amide bonds. The van der Waals surface area contributed by atoms with E-state index in [1.54, 1.807) is 0 Å². The Morgan fingerprint density at radius 1 is 1.29 bits per heavy atom. The monoisotopic (exact) mass is 407 g/mol. The second kappa shape index (κ2) is 10.8. The predicted molar refractivity (Wildman–Crippen MR) is 101 cm³/mol. The number of nitrogens with zero attached hydrogens (tertiary/aromatic N) is 3. The van der Waals surface area contributed by atoms with Crippen LogP contribution in [0.3, 0.4) is 0 Å². The first kappa shape index (κ1) is 22.7. The van der Waals surface area contributed by atoms with Gasteiger partial charge in [-0.05, 0) is 32.1 Å². The Balaban J connectivity index is 1.77. The molecule has 2 saturated heterocycles. The number of aliphatic imine (C=N–C) groups is 1. The topological polar surface area (TPSA) is 69.2 Å². The fourth-order valence-electron chi connectivity index (χ4n) is 3.49. The van der Waals surface area contributed by atoms with Gasteiger partial charge in [-0.1, -0.05) is 0 Å². The summed E-state index contributed by atoms with van der Waals surface area (Å²) in [5, 5.41) is 6.37. The maximum atomic E-state index is 12.4. The van der Waals surface area contributed by atoms with E-state index in [1.165, 1.54) is 0 Å². The summed E-state index contributed by atoms with van der Waals surface area (Å²) in [5.41, 5.74) is 0. The molecule has 2 aliphatic rings. The number of hydrogen-bond acceptors (Lipinski definition) is 4. The highest BCUT2D eigenvalue weighted by Crippen LogP contribution is 2.18. The number of amides is 1. The van der Waals surface area contributed by atoms with E-state index >= 15 is 0 Å². The Morgan fingerprint density at radius 3 is 2.57 bits per heavy atom. The molecular formula is C18H32F3N5O2. The van der Waals surface area contributed by atoms with Crippen molar-refractivity contribution < 1.29 is 22.7 Å². The van der Waals surface area contributed by atoms with Crippen LogP contribution >= 0.6 is 0 Å². The molecule has 1 unspecified atom stereocenters. The maximum absolute atomic E-state index is 12.4. The van der Waals surface area contributed by atoms with Crippen molar-refractivity contribution in [3.8, 4) is 0 Å². The molecule has 2 N–H and O–H groups in total. The zero-order chi connectivity index (χ0) is 20.6. The molecule has 0 saturated carbocycles. The third kappa shape index (κ3) is 8.22. The number of guanidine groups is 1. The minimum atomic E-state index is -4.41. The van der Waals surface area contributed by atoms with Gasteiger partial charge in [0.05, 0.1) is 6.61 Å². The minimum Gasteiger partial charge on any atom is -0.381 e. The predicted octanol–water partition coefficient (Wildman–Crippen LogP) is 1.06. The van der Waals surface area contributed by atoms with Crippen LogP contribution in [0.2, 0.25) is 0 Å². The van der Waals surface area contributed by atoms with Crippen molar-refractivity contribution in [2.75, 3.05) is 59.5 Å². The van der Waals surface area contributed by atoms with Crippen molar-refractivity contribution >= 4 is 11.9 Å². The van der Waals surface area contributed by atoms with Crippen molar-refractivity contribution in [3.63, 3.8) is 0 Å². The van der Waals surface area contributed by atoms with E-state index in [2.05, 4.69) is 20.5 Å². The zero-order valence-electron chi connectivity index (χ0n) is 16.7. The molecule has 0 aliphatic carbocycles. The summed E-state index contributed by atoms with van der Waals surface area (Å²) in [5.74, 6) is 0.435. The first-order chi connectivity index (χ1) is 13.3. The molecule has 0 radical (unpaired) electrons. The van der Waals surface area contributed by atoms with Crippen LogP contribution in [0.25, 0.3) is 0 Å². The van der Waals surface area contributed by atoms with Gasteiger partial charge in [0.15, 0.2) is 5.96 Å². The van der Waals surface area contributed by atoms with Gasteiger partial charge in [-0.2, -0.15) is 13.2 Å². The van der Waals surface area contributed by atoms with E-state index in [1.807, 2.05) is 6.92 Å². The number of halogens is 3. The lowest BCUT2D eigenvalue weighted by Crippen LogP contribution is -2.49. The first-order valence-electron chi connectivity index (χ1n) is 9.92. The summed E-state index contributed by atoms with van der Waals surface area (Å²) in [6.45, 7) is 5.69. The van der Waals surface area contributed by atoms with Crippen molar-refractivity contribution in [1.82, 2.24) is 20.4 Å². The van der Waals surface area contributed by atoms with Crippen LogP contribution in [0.1, 0.15) is 26.2 Å². The van der Waals surface area contributed by atoms with E-state index in [9.17, 15) is 18.0 Å². The Hall–Kier alpha value is -1.55. The van der Waals surface area contributed by atoms with E-state index in [0.717, 1.165) is 59.2 Å². The number of carbonyl (C=O) groups excluding carboxylic acids is 1. The van der Waals surface area contributed by atoms with E-state index in [-0.39, 0.29) is 12.6 Å². The van der Waals surface area contributed by atoms with E-state index in [0.29, 0.717) is 23.3 Å². The average Bonchev–Trinajstić information content (AvgIpc) is 3.12. The normalized spacial score (nSPS) is 22.3. The number of nitrogens with one attached hydrogen (secondary N) is 2. The number of alkyl halides is 3. The number of piperidine rings is 1. The number of rotatable bonds is 7. The molecular weight excluding hydrogens is 375 g/mol. The van der Waals surface area contributed by atoms with Crippen LogP contribution < -0.4 is 10.6 Å². The third-order valence-corrected chi connectivity index (χ3v) is 5.03. The van der Waals surface area contributed by atoms with E-state index < -0.39 is 18.6 Å². The summed E-state index contributed by atoms with van der Waals surface area (Å²) in [7, 11) is 1.14. The lowest BCUT2D eigenvalue weighted by molar-refractivity contribution is -0.157. The molecule has 7 nitrogen and oxygen atoms in total. The Morgan fingerprint density at radius 2 is 2.00 bits per heavy atom. The van der Waals surface area contributed by atoms with Gasteiger partial charge in [0, 0.05) is 45.9 Å². The standard InChI is InChI=1S/C18H32F3N5O2/c1-3-22-17(23-10-16(27)25(2)13-18(19,20)21)24-15-4-7-26(8-5-15)11-14-6-9-28-12-14/h14-15H,3-13H2,1-2H3,(H2,22,23,24). The lowest BCUT2D eigenvalue weighted by Gasteiger charge is -2.34. The summed E-state index contributed by atoms with van der Waals surface area (Å²) >= 11 is 0. The molecule has 28 heavy (non-hydrogen) atoms. The third-order valence-electron chi connectivity index (χ3n) is 5.03. The van der Waals surface area contributed by atoms with Gasteiger partial charge >= 0.3 is 6.18 Å². The molecule has 0 bridgehead atoms. The smallest absolute Gasteiger partial charge is 0.381 e. The molecule has 10 heteroatoms. The molecule has 0 aromatic rings. The van der Waals surface area contributed by atoms with Crippen LogP contribution in [0.15, 0.2) is 4.99 Å². The fraction of sp³-hybridized carbons (Fsp3) is 0.889. The Labute approximate surface area is 164 Å². The summed E-state index contributed by atoms with van der Waals surface area (Å²) in [6, 6.07) is 0.233. The Kier molecular flexibility index (Phi) is 8.81. The van der Waals surface area contributed by atoms with Crippen LogP contribution in [0, 0.1) is 5.92 Å². The molecule has 2 aliphatic heterocycles. The molecule has 2 rings (SSSR count). The van der Waals surface area contributed by atoms with Crippen LogP contribution in [0.5, 0.6) is 0 Å². The molecule has 162 valence electrons. The summed E-state index contributed by atoms with van der Waals surface area (Å²) in [6.07, 6.45) is -1.36. The second-order valence-corrected chi connectivity index (χ2v) is 7.51. The van der Waals surface area contributed by atoms with Gasteiger partial charge in [0.1, 0.15) is 13.1 Å². The number of likely N-dealkylation sites (tertiary alicyclic amines) is 1. The highest BCUT2D eigenvalue weighted by atomic mass is 19.4. The second-order valence-electron chi connectivity index (χ2n) is 7.51. The van der Waals surface area contributed by atoms with Gasteiger partial charge < -0.3 is 25.2 Å². The number of carbonyl (C=O) groups is 1. The zero-order valence-corrected chi connectivity index (χ0v) is 16.7. The quantitative estimate of drug-likeness (QED) is 0.488. The van der Waals surface area contributed by atoms with Gasteiger partial charge in [-0.3, -0.25) is 4.79 Å². The average molecular weight is 407 g/mol. The van der Waals surface area contributed by atoms with Gasteiger partial charge in [-0.25, -0.2) is 4.99 Å². The van der Waals surface area contributed by atoms with Crippen LogP contribution in [-0.2, 0) is 9.53 Å². The highest BCUT2D eigenvalue weighted by Gasteiger charge is 2.31. The van der Waals surface area contributed by atoms with Crippen LogP contribution in [-0.4, -0.2) is 93.4 Å². The van der Waals surface area contributed by atoms with Gasteiger partial charge in [0.25, 0.3) is 0 Å². The number of likely N-dealkylation sites (N-methyl/N-ethyl adjacent to an activating group) is 1. The maximum Gasteiger partial charge on any atom is 0.406 e. The highest BCUT2D eigenvalue weighted by molar-refractivity contribution is 5.85. The van der Waals surface area contributed by atoms with Crippen molar-refractivity contribution in [1.29, 1.82) is 0 Å². The van der Waals surface area contributed by atoms with Gasteiger partial charge in [-0.15, -0.1) is 0 Å². The van der Waals surface area contributed by atoms with Crippen molar-refractivity contribution in [2.24, 2.45) is 10.9 Å². The minimum absolute atomic E-state index is 0.233. The van der Waals surface area contributed by atoms with E-state index in [4.69, 9.17) is 4.74 Å². The number of ether oxygens (including phenoxy) is 1. The Bertz CT molecular complexity index is 516. The van der Waals surface area contributed by atoms with Crippen molar-refractivity contribution in [3.05, 3.63) is 0 Å². The lowest BCUT2D eigenvalue weighted by atomic mass is 10.0. The van der Waals surface area contributed by atoms with Crippen LogP contribution in [0.4, 0.5) is 13.2 Å². The summed E-state index contributed by atoms with van der Waals surface area (Å²) in [4.78, 5) is 19.1. The first-order valence-corrected chi connectivity index (χ1v) is 9.92.